The molecule has 0 saturated carbocycles. The van der Waals surface area contributed by atoms with Gasteiger partial charge in [0.25, 0.3) is 5.91 Å². The molecular weight excluding hydrogens is 328 g/mol. The van der Waals surface area contributed by atoms with Crippen LogP contribution in [0.4, 0.5) is 5.69 Å². The lowest BCUT2D eigenvalue weighted by Gasteiger charge is -2.14. The van der Waals surface area contributed by atoms with Crippen LogP contribution in [0.5, 0.6) is 5.75 Å². The van der Waals surface area contributed by atoms with E-state index in [-0.39, 0.29) is 11.8 Å². The normalized spacial score (nSPS) is 10.3. The minimum Gasteiger partial charge on any atom is -0.495 e. The molecule has 2 aromatic carbocycles. The summed E-state index contributed by atoms with van der Waals surface area (Å²) in [5, 5.41) is 2.86. The molecule has 0 atom stereocenters. The van der Waals surface area contributed by atoms with Gasteiger partial charge >= 0.3 is 0 Å². The van der Waals surface area contributed by atoms with E-state index < -0.39 is 0 Å². The van der Waals surface area contributed by atoms with Crippen molar-refractivity contribution < 1.29 is 14.3 Å². The number of nitrogens with one attached hydrogen (secondary N) is 1. The van der Waals surface area contributed by atoms with Gasteiger partial charge in [-0.1, -0.05) is 29.8 Å². The molecule has 2 aromatic rings. The van der Waals surface area contributed by atoms with Crippen molar-refractivity contribution in [2.24, 2.45) is 0 Å². The van der Waals surface area contributed by atoms with E-state index in [1.807, 2.05) is 0 Å². The first kappa shape index (κ1) is 19.5. The minimum absolute atomic E-state index is 0.0927. The lowest BCUT2D eigenvalue weighted by Crippen LogP contribution is -2.22. The second kappa shape index (κ2) is 9.04. The second-order valence-corrected chi connectivity index (χ2v) is 6.50. The zero-order chi connectivity index (χ0) is 19.1. The van der Waals surface area contributed by atoms with E-state index in [4.69, 9.17) is 4.74 Å². The smallest absolute Gasteiger partial charge is 0.253 e. The third-order valence-corrected chi connectivity index (χ3v) is 4.12. The van der Waals surface area contributed by atoms with Crippen molar-refractivity contribution >= 4 is 17.5 Å². The lowest BCUT2D eigenvalue weighted by molar-refractivity contribution is -0.116. The van der Waals surface area contributed by atoms with Crippen LogP contribution in [-0.4, -0.2) is 37.9 Å². The second-order valence-electron chi connectivity index (χ2n) is 6.50. The van der Waals surface area contributed by atoms with Gasteiger partial charge in [0, 0.05) is 26.1 Å². The number of hydrogen-bond acceptors (Lipinski definition) is 3. The molecule has 0 radical (unpaired) electrons. The van der Waals surface area contributed by atoms with Crippen LogP contribution in [-0.2, 0) is 11.2 Å². The predicted octanol–water partition coefficient (Wildman–Crippen LogP) is 3.67. The van der Waals surface area contributed by atoms with E-state index in [2.05, 4.69) is 36.5 Å². The molecule has 0 aliphatic rings. The third kappa shape index (κ3) is 5.34. The summed E-state index contributed by atoms with van der Waals surface area (Å²) in [6.45, 7) is 2.06. The Kier molecular flexibility index (Phi) is 6.78. The molecule has 0 spiro atoms. The number of carbonyl (C=O) groups excluding carboxylic acids is 2. The summed E-state index contributed by atoms with van der Waals surface area (Å²) in [4.78, 5) is 25.9. The molecule has 0 aliphatic heterocycles. The zero-order valence-electron chi connectivity index (χ0n) is 15.8. The minimum atomic E-state index is -0.123. The number of carbonyl (C=O) groups is 2. The van der Waals surface area contributed by atoms with Crippen LogP contribution < -0.4 is 10.1 Å². The summed E-state index contributed by atoms with van der Waals surface area (Å²) in [6.07, 6.45) is 2.01. The molecule has 0 saturated heterocycles. The molecule has 1 N–H and O–H groups in total. The van der Waals surface area contributed by atoms with Gasteiger partial charge in [-0.3, -0.25) is 9.59 Å². The van der Waals surface area contributed by atoms with Crippen LogP contribution in [0.2, 0.25) is 0 Å². The van der Waals surface area contributed by atoms with Crippen LogP contribution in [0.1, 0.15) is 34.3 Å². The molecule has 0 unspecified atom stereocenters. The molecule has 0 aliphatic carbocycles. The van der Waals surface area contributed by atoms with Crippen LogP contribution in [0.15, 0.2) is 42.5 Å². The van der Waals surface area contributed by atoms with E-state index in [0.717, 1.165) is 12.8 Å². The molecule has 26 heavy (non-hydrogen) atoms. The largest absolute Gasteiger partial charge is 0.495 e. The average Bonchev–Trinajstić information content (AvgIpc) is 2.62. The molecule has 5 nitrogen and oxygen atoms in total. The van der Waals surface area contributed by atoms with Crippen molar-refractivity contribution in [2.75, 3.05) is 26.5 Å². The predicted molar refractivity (Wildman–Crippen MR) is 104 cm³/mol. The van der Waals surface area contributed by atoms with E-state index in [0.29, 0.717) is 23.4 Å². The maximum atomic E-state index is 12.3. The molecule has 0 heterocycles. The van der Waals surface area contributed by atoms with Gasteiger partial charge in [-0.05, 0) is 43.5 Å². The Morgan fingerprint density at radius 2 is 1.77 bits per heavy atom. The third-order valence-electron chi connectivity index (χ3n) is 4.12. The topological polar surface area (TPSA) is 58.6 Å². The van der Waals surface area contributed by atoms with Crippen LogP contribution >= 0.6 is 0 Å². The summed E-state index contributed by atoms with van der Waals surface area (Å²) >= 11 is 0. The van der Waals surface area contributed by atoms with E-state index in [1.54, 1.807) is 32.3 Å². The summed E-state index contributed by atoms with van der Waals surface area (Å²) < 4.78 is 5.29. The Hall–Kier alpha value is -2.82. The van der Waals surface area contributed by atoms with Gasteiger partial charge in [0.1, 0.15) is 5.75 Å². The van der Waals surface area contributed by atoms with Crippen LogP contribution in [0, 0.1) is 6.92 Å². The van der Waals surface area contributed by atoms with Gasteiger partial charge < -0.3 is 15.0 Å². The van der Waals surface area contributed by atoms with Crippen molar-refractivity contribution in [1.82, 2.24) is 4.90 Å². The van der Waals surface area contributed by atoms with Gasteiger partial charge in [0.2, 0.25) is 5.91 Å². The van der Waals surface area contributed by atoms with Crippen LogP contribution in [0.3, 0.4) is 0 Å². The number of benzene rings is 2. The number of nitrogens with zero attached hydrogens (tertiary/aromatic N) is 1. The number of hydrogen-bond donors (Lipinski definition) is 1. The maximum Gasteiger partial charge on any atom is 0.253 e. The molecule has 2 amide bonds. The summed E-state index contributed by atoms with van der Waals surface area (Å²) in [6, 6.07) is 13.4. The Morgan fingerprint density at radius 3 is 2.38 bits per heavy atom. The van der Waals surface area contributed by atoms with Crippen molar-refractivity contribution in [3.8, 4) is 5.75 Å². The summed E-state index contributed by atoms with van der Waals surface area (Å²) in [5.41, 5.74) is 3.47. The monoisotopic (exact) mass is 354 g/mol. The highest BCUT2D eigenvalue weighted by Crippen LogP contribution is 2.26. The Bertz CT molecular complexity index is 767. The number of methoxy groups -OCH3 is 1. The summed E-state index contributed by atoms with van der Waals surface area (Å²) in [5.74, 6) is 0.319. The van der Waals surface area contributed by atoms with Gasteiger partial charge in [0.15, 0.2) is 0 Å². The summed E-state index contributed by atoms with van der Waals surface area (Å²) in [7, 11) is 4.92. The number of amides is 2. The van der Waals surface area contributed by atoms with Crippen molar-refractivity contribution in [3.63, 3.8) is 0 Å². The Balaban J connectivity index is 1.97. The quantitative estimate of drug-likeness (QED) is 0.825. The lowest BCUT2D eigenvalue weighted by atomic mass is 10.1. The molecular formula is C21H26N2O3. The molecule has 0 aromatic heterocycles. The number of aryl methyl sites for hydroxylation is 2. The van der Waals surface area contributed by atoms with Crippen molar-refractivity contribution in [2.45, 2.75) is 26.2 Å². The van der Waals surface area contributed by atoms with Gasteiger partial charge in [-0.25, -0.2) is 0 Å². The van der Waals surface area contributed by atoms with Crippen LogP contribution in [0.25, 0.3) is 0 Å². The highest BCUT2D eigenvalue weighted by Gasteiger charge is 2.13. The van der Waals surface area contributed by atoms with Crippen molar-refractivity contribution in [1.29, 1.82) is 0 Å². The fraction of sp³-hybridized carbons (Fsp3) is 0.333. The average molecular weight is 354 g/mol. The number of ether oxygens (including phenoxy) is 1. The maximum absolute atomic E-state index is 12.3. The highest BCUT2D eigenvalue weighted by atomic mass is 16.5. The van der Waals surface area contributed by atoms with Gasteiger partial charge in [0.05, 0.1) is 12.8 Å². The zero-order valence-corrected chi connectivity index (χ0v) is 15.8. The first-order chi connectivity index (χ1) is 12.4. The molecule has 138 valence electrons. The molecule has 5 heteroatoms. The highest BCUT2D eigenvalue weighted by molar-refractivity contribution is 5.98. The van der Waals surface area contributed by atoms with Crippen molar-refractivity contribution in [3.05, 3.63) is 59.2 Å². The number of rotatable bonds is 7. The van der Waals surface area contributed by atoms with Gasteiger partial charge in [-0.15, -0.1) is 0 Å². The fourth-order valence-corrected chi connectivity index (χ4v) is 2.62. The fourth-order valence-electron chi connectivity index (χ4n) is 2.62. The SMILES string of the molecule is COc1ccc(C(=O)N(C)C)cc1NC(=O)CCCc1ccc(C)cc1. The van der Waals surface area contributed by atoms with E-state index >= 15 is 0 Å². The Labute approximate surface area is 155 Å². The Morgan fingerprint density at radius 1 is 1.08 bits per heavy atom. The first-order valence-electron chi connectivity index (χ1n) is 8.66. The molecule has 2 rings (SSSR count). The van der Waals surface area contributed by atoms with E-state index in [9.17, 15) is 9.59 Å². The standard InChI is InChI=1S/C21H26N2O3/c1-15-8-10-16(11-9-15)6-5-7-20(24)22-18-14-17(21(25)23(2)3)12-13-19(18)26-4/h8-14H,5-7H2,1-4H3,(H,22,24). The number of anilines is 1. The first-order valence-corrected chi connectivity index (χ1v) is 8.66. The molecule has 0 fully saturated rings. The van der Waals surface area contributed by atoms with E-state index in [1.165, 1.54) is 23.1 Å². The van der Waals surface area contributed by atoms with Gasteiger partial charge in [-0.2, -0.15) is 0 Å². The molecule has 0 bridgehead atoms.